The summed E-state index contributed by atoms with van der Waals surface area (Å²) in [6, 6.07) is 13.8. The van der Waals surface area contributed by atoms with Crippen LogP contribution in [0.5, 0.6) is 5.75 Å². The smallest absolute Gasteiger partial charge is 0.410 e. The number of para-hydroxylation sites is 1. The van der Waals surface area contributed by atoms with E-state index in [1.54, 1.807) is 42.5 Å². The van der Waals surface area contributed by atoms with Gasteiger partial charge in [0.05, 0.1) is 11.0 Å². The lowest BCUT2D eigenvalue weighted by Crippen LogP contribution is -2.16. The van der Waals surface area contributed by atoms with Gasteiger partial charge in [-0.25, -0.2) is 9.59 Å². The second-order valence-electron chi connectivity index (χ2n) is 4.17. The number of carbonyl (C=O) groups is 1. The number of hydrogen-bond donors (Lipinski definition) is 3. The molecule has 0 fully saturated rings. The highest BCUT2D eigenvalue weighted by Crippen LogP contribution is 2.15. The van der Waals surface area contributed by atoms with E-state index in [4.69, 9.17) is 4.74 Å². The van der Waals surface area contributed by atoms with Crippen molar-refractivity contribution in [3.63, 3.8) is 0 Å². The minimum absolute atomic E-state index is 0.288. The number of imidazole rings is 1. The predicted octanol–water partition coefficient (Wildman–Crippen LogP) is 2.47. The van der Waals surface area contributed by atoms with Gasteiger partial charge in [0.25, 0.3) is 0 Å². The van der Waals surface area contributed by atoms with E-state index in [-0.39, 0.29) is 5.69 Å². The third-order valence-corrected chi connectivity index (χ3v) is 2.72. The molecule has 0 aliphatic rings. The maximum Gasteiger partial charge on any atom is 0.417 e. The molecule has 3 aromatic rings. The Morgan fingerprint density at radius 3 is 2.55 bits per heavy atom. The molecule has 3 N–H and O–H groups in total. The third kappa shape index (κ3) is 2.54. The van der Waals surface area contributed by atoms with Crippen LogP contribution < -0.4 is 15.7 Å². The molecule has 6 heteroatoms. The number of aromatic amines is 2. The molecular weight excluding hydrogens is 258 g/mol. The summed E-state index contributed by atoms with van der Waals surface area (Å²) >= 11 is 0. The first-order chi connectivity index (χ1) is 9.70. The van der Waals surface area contributed by atoms with Crippen molar-refractivity contribution in [3.05, 3.63) is 59.0 Å². The number of hydrogen-bond acceptors (Lipinski definition) is 3. The fourth-order valence-corrected chi connectivity index (χ4v) is 1.85. The summed E-state index contributed by atoms with van der Waals surface area (Å²) in [5, 5.41) is 2.59. The van der Waals surface area contributed by atoms with Gasteiger partial charge in [-0.1, -0.05) is 18.2 Å². The molecule has 0 unspecified atom stereocenters. The van der Waals surface area contributed by atoms with Crippen LogP contribution in [0.15, 0.2) is 53.3 Å². The van der Waals surface area contributed by atoms with Crippen molar-refractivity contribution in [2.45, 2.75) is 0 Å². The predicted molar refractivity (Wildman–Crippen MR) is 75.0 cm³/mol. The van der Waals surface area contributed by atoms with Crippen molar-refractivity contribution >= 4 is 22.8 Å². The standard InChI is InChI=1S/C14H11N3O3/c18-13-16-11-7-6-9(8-12(11)17-13)15-14(19)20-10-4-2-1-3-5-10/h1-8H,(H,15,19)(H2,16,17,18). The number of H-pyrrole nitrogens is 2. The van der Waals surface area contributed by atoms with E-state index in [1.165, 1.54) is 0 Å². The van der Waals surface area contributed by atoms with Gasteiger partial charge >= 0.3 is 11.8 Å². The molecule has 1 amide bonds. The van der Waals surface area contributed by atoms with Gasteiger partial charge in [-0.15, -0.1) is 0 Å². The highest BCUT2D eigenvalue weighted by molar-refractivity contribution is 5.89. The molecule has 0 aliphatic carbocycles. The fraction of sp³-hybridized carbons (Fsp3) is 0. The van der Waals surface area contributed by atoms with Crippen LogP contribution in [-0.4, -0.2) is 16.1 Å². The van der Waals surface area contributed by atoms with Gasteiger partial charge in [-0.3, -0.25) is 5.32 Å². The van der Waals surface area contributed by atoms with E-state index >= 15 is 0 Å². The molecule has 0 saturated heterocycles. The van der Waals surface area contributed by atoms with Crippen molar-refractivity contribution in [1.82, 2.24) is 9.97 Å². The largest absolute Gasteiger partial charge is 0.417 e. The second-order valence-corrected chi connectivity index (χ2v) is 4.17. The van der Waals surface area contributed by atoms with Crippen molar-refractivity contribution in [1.29, 1.82) is 0 Å². The number of aromatic nitrogens is 2. The Bertz CT molecular complexity index is 805. The number of rotatable bonds is 2. The second kappa shape index (κ2) is 4.93. The summed E-state index contributed by atoms with van der Waals surface area (Å²) in [5.74, 6) is 0.459. The van der Waals surface area contributed by atoms with E-state index in [9.17, 15) is 9.59 Å². The summed E-state index contributed by atoms with van der Waals surface area (Å²) in [5.41, 5.74) is 1.54. The molecule has 0 aliphatic heterocycles. The van der Waals surface area contributed by atoms with E-state index in [0.29, 0.717) is 22.5 Å². The van der Waals surface area contributed by atoms with Crippen LogP contribution >= 0.6 is 0 Å². The molecule has 100 valence electrons. The van der Waals surface area contributed by atoms with E-state index in [0.717, 1.165) is 0 Å². The molecule has 2 aromatic carbocycles. The lowest BCUT2D eigenvalue weighted by Gasteiger charge is -2.06. The number of nitrogens with one attached hydrogen (secondary N) is 3. The Labute approximate surface area is 113 Å². The number of carbonyl (C=O) groups excluding carboxylic acids is 1. The Morgan fingerprint density at radius 1 is 1.00 bits per heavy atom. The lowest BCUT2D eigenvalue weighted by molar-refractivity contribution is 0.215. The first-order valence-electron chi connectivity index (χ1n) is 5.97. The van der Waals surface area contributed by atoms with Crippen molar-refractivity contribution in [2.24, 2.45) is 0 Å². The first-order valence-corrected chi connectivity index (χ1v) is 5.97. The van der Waals surface area contributed by atoms with Gasteiger partial charge in [0.15, 0.2) is 0 Å². The van der Waals surface area contributed by atoms with Crippen molar-refractivity contribution in [2.75, 3.05) is 5.32 Å². The molecule has 0 atom stereocenters. The number of benzene rings is 2. The summed E-state index contributed by atoms with van der Waals surface area (Å²) in [6.07, 6.45) is -0.589. The van der Waals surface area contributed by atoms with Crippen LogP contribution in [0.3, 0.4) is 0 Å². The van der Waals surface area contributed by atoms with Crippen LogP contribution in [0.25, 0.3) is 11.0 Å². The lowest BCUT2D eigenvalue weighted by atomic mass is 10.3. The average Bonchev–Trinajstić information content (AvgIpc) is 2.79. The van der Waals surface area contributed by atoms with Gasteiger partial charge in [0.2, 0.25) is 0 Å². The topological polar surface area (TPSA) is 87.0 Å². The SMILES string of the molecule is O=C(Nc1ccc2[nH]c(=O)[nH]c2c1)Oc1ccccc1. The zero-order chi connectivity index (χ0) is 13.9. The van der Waals surface area contributed by atoms with Crippen LogP contribution in [0.2, 0.25) is 0 Å². The highest BCUT2D eigenvalue weighted by atomic mass is 16.6. The van der Waals surface area contributed by atoms with Crippen molar-refractivity contribution < 1.29 is 9.53 Å². The number of ether oxygens (including phenoxy) is 1. The monoisotopic (exact) mass is 269 g/mol. The fourth-order valence-electron chi connectivity index (χ4n) is 1.85. The maximum absolute atomic E-state index is 11.7. The molecule has 1 aromatic heterocycles. The van der Waals surface area contributed by atoms with Crippen LogP contribution in [0, 0.1) is 0 Å². The summed E-state index contributed by atoms with van der Waals surface area (Å²) in [4.78, 5) is 28.1. The van der Waals surface area contributed by atoms with Gasteiger partial charge in [0, 0.05) is 5.69 Å². The quantitative estimate of drug-likeness (QED) is 0.667. The first kappa shape index (κ1) is 12.0. The molecule has 0 saturated carbocycles. The third-order valence-electron chi connectivity index (χ3n) is 2.72. The maximum atomic E-state index is 11.7. The zero-order valence-electron chi connectivity index (χ0n) is 10.3. The van der Waals surface area contributed by atoms with Gasteiger partial charge in [-0.05, 0) is 30.3 Å². The summed E-state index contributed by atoms with van der Waals surface area (Å²) in [7, 11) is 0. The van der Waals surface area contributed by atoms with Gasteiger partial charge < -0.3 is 14.7 Å². The van der Waals surface area contributed by atoms with Crippen LogP contribution in [0.1, 0.15) is 0 Å². The van der Waals surface area contributed by atoms with Gasteiger partial charge in [0.1, 0.15) is 5.75 Å². The van der Waals surface area contributed by atoms with Crippen molar-refractivity contribution in [3.8, 4) is 5.75 Å². The minimum Gasteiger partial charge on any atom is -0.410 e. The Balaban J connectivity index is 1.75. The number of anilines is 1. The van der Waals surface area contributed by atoms with E-state index in [1.807, 2.05) is 6.07 Å². The molecule has 0 bridgehead atoms. The highest BCUT2D eigenvalue weighted by Gasteiger charge is 2.06. The molecular formula is C14H11N3O3. The van der Waals surface area contributed by atoms with Crippen LogP contribution in [-0.2, 0) is 0 Å². The average molecular weight is 269 g/mol. The van der Waals surface area contributed by atoms with Gasteiger partial charge in [-0.2, -0.15) is 0 Å². The Morgan fingerprint density at radius 2 is 1.75 bits per heavy atom. The summed E-state index contributed by atoms with van der Waals surface area (Å²) in [6.45, 7) is 0. The molecule has 6 nitrogen and oxygen atoms in total. The minimum atomic E-state index is -0.589. The van der Waals surface area contributed by atoms with Crippen LogP contribution in [0.4, 0.5) is 10.5 Å². The number of amides is 1. The summed E-state index contributed by atoms with van der Waals surface area (Å²) < 4.78 is 5.11. The zero-order valence-corrected chi connectivity index (χ0v) is 10.3. The Hall–Kier alpha value is -3.02. The molecule has 3 rings (SSSR count). The van der Waals surface area contributed by atoms with E-state index < -0.39 is 6.09 Å². The van der Waals surface area contributed by atoms with E-state index in [2.05, 4.69) is 15.3 Å². The molecule has 20 heavy (non-hydrogen) atoms. The molecule has 0 radical (unpaired) electrons. The molecule has 1 heterocycles. The normalized spacial score (nSPS) is 10.4. The number of fused-ring (bicyclic) bond motifs is 1. The molecule has 0 spiro atoms. The Kier molecular flexibility index (Phi) is 2.96.